The standard InChI is InChI=1S/C15H21FN2O3/c1-4-8-15(2,13(19)20)17-14(21)18(3)10-11-6-5-7-12(16)9-11/h5-7,9H,4,8,10H2,1-3H3,(H,17,21)(H,19,20). The van der Waals surface area contributed by atoms with Crippen LogP contribution >= 0.6 is 0 Å². The van der Waals surface area contributed by atoms with Crippen molar-refractivity contribution >= 4 is 12.0 Å². The molecule has 0 bridgehead atoms. The number of carbonyl (C=O) groups is 2. The summed E-state index contributed by atoms with van der Waals surface area (Å²) in [6.07, 6.45) is 0.971. The number of amides is 2. The van der Waals surface area contributed by atoms with E-state index in [2.05, 4.69) is 5.32 Å². The Balaban J connectivity index is 2.72. The fourth-order valence-electron chi connectivity index (χ4n) is 2.04. The normalized spacial score (nSPS) is 13.3. The van der Waals surface area contributed by atoms with Crippen LogP contribution in [0.15, 0.2) is 24.3 Å². The number of carbonyl (C=O) groups excluding carboxylic acids is 1. The van der Waals surface area contributed by atoms with Crippen LogP contribution in [-0.4, -0.2) is 34.6 Å². The van der Waals surface area contributed by atoms with E-state index in [0.717, 1.165) is 0 Å². The van der Waals surface area contributed by atoms with Crippen LogP contribution in [0.4, 0.5) is 9.18 Å². The zero-order valence-electron chi connectivity index (χ0n) is 12.5. The Morgan fingerprint density at radius 2 is 2.10 bits per heavy atom. The number of nitrogens with one attached hydrogen (secondary N) is 1. The smallest absolute Gasteiger partial charge is 0.329 e. The van der Waals surface area contributed by atoms with Crippen LogP contribution in [0.5, 0.6) is 0 Å². The molecule has 0 aliphatic rings. The number of hydrogen-bond acceptors (Lipinski definition) is 2. The van der Waals surface area contributed by atoms with Gasteiger partial charge in [0.25, 0.3) is 0 Å². The third kappa shape index (κ3) is 4.73. The second kappa shape index (κ2) is 7.06. The van der Waals surface area contributed by atoms with Crippen LogP contribution in [0.2, 0.25) is 0 Å². The van der Waals surface area contributed by atoms with Crippen molar-refractivity contribution in [2.45, 2.75) is 38.8 Å². The maximum atomic E-state index is 13.1. The number of nitrogens with zero attached hydrogens (tertiary/aromatic N) is 1. The molecule has 21 heavy (non-hydrogen) atoms. The first-order chi connectivity index (χ1) is 9.78. The van der Waals surface area contributed by atoms with E-state index in [0.29, 0.717) is 18.4 Å². The van der Waals surface area contributed by atoms with Crippen LogP contribution in [0.3, 0.4) is 0 Å². The molecule has 0 fully saturated rings. The number of rotatable bonds is 6. The van der Waals surface area contributed by atoms with Gasteiger partial charge in [-0.25, -0.2) is 14.0 Å². The van der Waals surface area contributed by atoms with Crippen molar-refractivity contribution in [3.05, 3.63) is 35.6 Å². The highest BCUT2D eigenvalue weighted by Gasteiger charge is 2.34. The van der Waals surface area contributed by atoms with E-state index in [1.54, 1.807) is 12.1 Å². The van der Waals surface area contributed by atoms with E-state index in [-0.39, 0.29) is 12.4 Å². The lowest BCUT2D eigenvalue weighted by molar-refractivity contribution is -0.144. The monoisotopic (exact) mass is 296 g/mol. The molecule has 116 valence electrons. The molecule has 5 nitrogen and oxygen atoms in total. The number of aliphatic carboxylic acids is 1. The van der Waals surface area contributed by atoms with E-state index in [9.17, 15) is 19.1 Å². The molecule has 2 amide bonds. The quantitative estimate of drug-likeness (QED) is 0.847. The van der Waals surface area contributed by atoms with Crippen molar-refractivity contribution < 1.29 is 19.1 Å². The number of hydrogen-bond donors (Lipinski definition) is 2. The molecule has 0 aromatic heterocycles. The fourth-order valence-corrected chi connectivity index (χ4v) is 2.04. The molecule has 2 N–H and O–H groups in total. The van der Waals surface area contributed by atoms with Gasteiger partial charge in [-0.3, -0.25) is 0 Å². The molecule has 6 heteroatoms. The number of halogens is 1. The predicted molar refractivity (Wildman–Crippen MR) is 77.3 cm³/mol. The topological polar surface area (TPSA) is 69.6 Å². The van der Waals surface area contributed by atoms with Crippen LogP contribution < -0.4 is 5.32 Å². The van der Waals surface area contributed by atoms with Crippen molar-refractivity contribution in [1.82, 2.24) is 10.2 Å². The molecule has 0 heterocycles. The first-order valence-electron chi connectivity index (χ1n) is 6.79. The van der Waals surface area contributed by atoms with E-state index < -0.39 is 17.5 Å². The lowest BCUT2D eigenvalue weighted by Crippen LogP contribution is -2.55. The van der Waals surface area contributed by atoms with Crippen LogP contribution in [0, 0.1) is 5.82 Å². The molecule has 0 spiro atoms. The van der Waals surface area contributed by atoms with Crippen LogP contribution in [0.25, 0.3) is 0 Å². The molecular formula is C15H21FN2O3. The Hall–Kier alpha value is -2.11. The molecule has 1 aromatic carbocycles. The Bertz CT molecular complexity index is 521. The van der Waals surface area contributed by atoms with E-state index in [1.807, 2.05) is 6.92 Å². The summed E-state index contributed by atoms with van der Waals surface area (Å²) in [5.74, 6) is -1.44. The SMILES string of the molecule is CCCC(C)(NC(=O)N(C)Cc1cccc(F)c1)C(=O)O. The van der Waals surface area contributed by atoms with Gasteiger partial charge in [-0.1, -0.05) is 25.5 Å². The number of urea groups is 1. The summed E-state index contributed by atoms with van der Waals surface area (Å²) in [6, 6.07) is 5.43. The van der Waals surface area contributed by atoms with Gasteiger partial charge in [0.05, 0.1) is 0 Å². The van der Waals surface area contributed by atoms with Gasteiger partial charge in [-0.15, -0.1) is 0 Å². The van der Waals surface area contributed by atoms with Gasteiger partial charge in [0, 0.05) is 13.6 Å². The van der Waals surface area contributed by atoms with Crippen molar-refractivity contribution in [2.75, 3.05) is 7.05 Å². The highest BCUT2D eigenvalue weighted by Crippen LogP contribution is 2.14. The van der Waals surface area contributed by atoms with E-state index in [1.165, 1.54) is 31.0 Å². The van der Waals surface area contributed by atoms with Crippen molar-refractivity contribution in [2.24, 2.45) is 0 Å². The highest BCUT2D eigenvalue weighted by molar-refractivity contribution is 5.85. The van der Waals surface area contributed by atoms with Gasteiger partial charge in [0.1, 0.15) is 11.4 Å². The third-order valence-corrected chi connectivity index (χ3v) is 3.26. The maximum absolute atomic E-state index is 13.1. The van der Waals surface area contributed by atoms with Gasteiger partial charge < -0.3 is 15.3 Å². The summed E-state index contributed by atoms with van der Waals surface area (Å²) >= 11 is 0. The molecule has 0 aliphatic carbocycles. The molecule has 1 unspecified atom stereocenters. The second-order valence-electron chi connectivity index (χ2n) is 5.30. The van der Waals surface area contributed by atoms with Crippen molar-refractivity contribution in [3.63, 3.8) is 0 Å². The summed E-state index contributed by atoms with van der Waals surface area (Å²) in [6.45, 7) is 3.53. The number of carboxylic acid groups (broad SMARTS) is 1. The van der Waals surface area contributed by atoms with Gasteiger partial charge >= 0.3 is 12.0 Å². The minimum atomic E-state index is -1.30. The Morgan fingerprint density at radius 1 is 1.43 bits per heavy atom. The summed E-state index contributed by atoms with van der Waals surface area (Å²) in [5, 5.41) is 11.8. The van der Waals surface area contributed by atoms with Gasteiger partial charge in [0.15, 0.2) is 0 Å². The number of benzene rings is 1. The largest absolute Gasteiger partial charge is 0.480 e. The lowest BCUT2D eigenvalue weighted by Gasteiger charge is -2.29. The Kier molecular flexibility index (Phi) is 5.69. The third-order valence-electron chi connectivity index (χ3n) is 3.26. The molecule has 0 saturated carbocycles. The first kappa shape index (κ1) is 16.9. The molecule has 0 aliphatic heterocycles. The summed E-state index contributed by atoms with van der Waals surface area (Å²) in [4.78, 5) is 24.7. The second-order valence-corrected chi connectivity index (χ2v) is 5.30. The maximum Gasteiger partial charge on any atom is 0.329 e. The van der Waals surface area contributed by atoms with Gasteiger partial charge in [0.2, 0.25) is 0 Å². The molecule has 1 atom stereocenters. The van der Waals surface area contributed by atoms with Gasteiger partial charge in [-0.05, 0) is 31.0 Å². The first-order valence-corrected chi connectivity index (χ1v) is 6.79. The molecule has 0 radical (unpaired) electrons. The molecule has 1 aromatic rings. The van der Waals surface area contributed by atoms with E-state index >= 15 is 0 Å². The average Bonchev–Trinajstić information content (AvgIpc) is 2.38. The Morgan fingerprint density at radius 3 is 2.62 bits per heavy atom. The minimum absolute atomic E-state index is 0.200. The fraction of sp³-hybridized carbons (Fsp3) is 0.467. The van der Waals surface area contributed by atoms with Crippen molar-refractivity contribution in [3.8, 4) is 0 Å². The zero-order valence-corrected chi connectivity index (χ0v) is 12.5. The van der Waals surface area contributed by atoms with E-state index in [4.69, 9.17) is 0 Å². The zero-order chi connectivity index (χ0) is 16.0. The molecule has 1 rings (SSSR count). The van der Waals surface area contributed by atoms with Crippen LogP contribution in [-0.2, 0) is 11.3 Å². The predicted octanol–water partition coefficient (Wildman–Crippen LogP) is 2.61. The molecular weight excluding hydrogens is 275 g/mol. The highest BCUT2D eigenvalue weighted by atomic mass is 19.1. The van der Waals surface area contributed by atoms with Gasteiger partial charge in [-0.2, -0.15) is 0 Å². The Labute approximate surface area is 123 Å². The summed E-state index contributed by atoms with van der Waals surface area (Å²) < 4.78 is 13.1. The lowest BCUT2D eigenvalue weighted by atomic mass is 9.96. The number of carboxylic acids is 1. The van der Waals surface area contributed by atoms with Crippen LogP contribution in [0.1, 0.15) is 32.3 Å². The summed E-state index contributed by atoms with van der Waals surface area (Å²) in [7, 11) is 1.54. The molecule has 0 saturated heterocycles. The minimum Gasteiger partial charge on any atom is -0.480 e. The summed E-state index contributed by atoms with van der Waals surface area (Å²) in [5.41, 5.74) is -0.664. The average molecular weight is 296 g/mol. The van der Waals surface area contributed by atoms with Crippen molar-refractivity contribution in [1.29, 1.82) is 0 Å².